The Morgan fingerprint density at radius 2 is 2.22 bits per heavy atom. The minimum atomic E-state index is -0.211. The van der Waals surface area contributed by atoms with Crippen molar-refractivity contribution in [1.82, 2.24) is 14.8 Å². The molecule has 0 N–H and O–H groups in total. The lowest BCUT2D eigenvalue weighted by molar-refractivity contribution is 0.119. The Hall–Kier alpha value is -1.92. The molecule has 2 aromatic rings. The first kappa shape index (κ1) is 14.7. The number of fused-ring (bicyclic) bond motifs is 1. The quantitative estimate of drug-likeness (QED) is 0.865. The highest BCUT2D eigenvalue weighted by Crippen LogP contribution is 2.30. The van der Waals surface area contributed by atoms with Gasteiger partial charge in [-0.3, -0.25) is 14.8 Å². The summed E-state index contributed by atoms with van der Waals surface area (Å²) in [5, 5.41) is 2.13. The number of amides is 1. The van der Waals surface area contributed by atoms with Gasteiger partial charge in [-0.15, -0.1) is 11.3 Å². The van der Waals surface area contributed by atoms with Gasteiger partial charge in [-0.2, -0.15) is 0 Å². The van der Waals surface area contributed by atoms with Crippen molar-refractivity contribution >= 4 is 17.4 Å². The summed E-state index contributed by atoms with van der Waals surface area (Å²) in [6, 6.07) is 8.06. The first-order valence-corrected chi connectivity index (χ1v) is 8.71. The summed E-state index contributed by atoms with van der Waals surface area (Å²) < 4.78 is 5.57. The minimum Gasteiger partial charge on any atom is -0.442 e. The Labute approximate surface area is 139 Å². The van der Waals surface area contributed by atoms with Gasteiger partial charge in [0.15, 0.2) is 0 Å². The van der Waals surface area contributed by atoms with Crippen LogP contribution in [0.4, 0.5) is 4.79 Å². The smallest absolute Gasteiger partial charge is 0.410 e. The van der Waals surface area contributed by atoms with Crippen molar-refractivity contribution in [3.63, 3.8) is 0 Å². The van der Waals surface area contributed by atoms with Crippen LogP contribution in [0.1, 0.15) is 16.1 Å². The Morgan fingerprint density at radius 1 is 1.30 bits per heavy atom. The fourth-order valence-corrected chi connectivity index (χ4v) is 4.27. The standard InChI is InChI=1S/C17H19N3O2S/c1-12-5-7-23-16(12)11-19-9-14-15(10-19)22-17(21)20(14)8-13-4-2-3-6-18-13/h2-7,14-15H,8-11H2,1H3/t14-,15+/m1/s1. The molecular formula is C17H19N3O2S. The number of rotatable bonds is 4. The lowest BCUT2D eigenvalue weighted by Gasteiger charge is -2.22. The van der Waals surface area contributed by atoms with Crippen molar-refractivity contribution in [2.45, 2.75) is 32.2 Å². The van der Waals surface area contributed by atoms with Crippen molar-refractivity contribution in [3.05, 3.63) is 52.0 Å². The maximum absolute atomic E-state index is 12.1. The summed E-state index contributed by atoms with van der Waals surface area (Å²) in [6.07, 6.45) is 1.53. The van der Waals surface area contributed by atoms with E-state index in [1.807, 2.05) is 23.1 Å². The number of nitrogens with zero attached hydrogens (tertiary/aromatic N) is 3. The summed E-state index contributed by atoms with van der Waals surface area (Å²) in [6.45, 7) is 5.28. The second-order valence-corrected chi connectivity index (χ2v) is 7.16. The number of carbonyl (C=O) groups is 1. The molecule has 2 aliphatic rings. The highest BCUT2D eigenvalue weighted by molar-refractivity contribution is 7.10. The molecule has 2 aromatic heterocycles. The molecule has 0 radical (unpaired) electrons. The average Bonchev–Trinajstić information content (AvgIpc) is 3.19. The third-order valence-corrected chi connectivity index (χ3v) is 5.60. The lowest BCUT2D eigenvalue weighted by Crippen LogP contribution is -2.37. The highest BCUT2D eigenvalue weighted by Gasteiger charge is 2.47. The van der Waals surface area contributed by atoms with Crippen molar-refractivity contribution in [3.8, 4) is 0 Å². The molecule has 120 valence electrons. The second kappa shape index (κ2) is 5.94. The van der Waals surface area contributed by atoms with Gasteiger partial charge < -0.3 is 4.74 Å². The van der Waals surface area contributed by atoms with Crippen LogP contribution in [0.15, 0.2) is 35.8 Å². The van der Waals surface area contributed by atoms with Gasteiger partial charge in [-0.25, -0.2) is 4.79 Å². The number of pyridine rings is 1. The number of aromatic nitrogens is 1. The summed E-state index contributed by atoms with van der Waals surface area (Å²) in [7, 11) is 0. The Morgan fingerprint density at radius 3 is 2.96 bits per heavy atom. The zero-order chi connectivity index (χ0) is 15.8. The zero-order valence-electron chi connectivity index (χ0n) is 13.0. The first-order valence-electron chi connectivity index (χ1n) is 7.83. The molecule has 4 rings (SSSR count). The molecule has 0 bridgehead atoms. The largest absolute Gasteiger partial charge is 0.442 e. The van der Waals surface area contributed by atoms with E-state index >= 15 is 0 Å². The molecule has 0 saturated carbocycles. The van der Waals surface area contributed by atoms with Gasteiger partial charge in [-0.1, -0.05) is 6.07 Å². The molecule has 23 heavy (non-hydrogen) atoms. The molecule has 1 amide bonds. The summed E-state index contributed by atoms with van der Waals surface area (Å²) in [5.41, 5.74) is 2.24. The molecule has 2 atom stereocenters. The van der Waals surface area contributed by atoms with Gasteiger partial charge in [0.25, 0.3) is 0 Å². The predicted molar refractivity (Wildman–Crippen MR) is 88.2 cm³/mol. The number of aryl methyl sites for hydroxylation is 1. The van der Waals surface area contributed by atoms with Crippen molar-refractivity contribution in [2.75, 3.05) is 13.1 Å². The van der Waals surface area contributed by atoms with E-state index in [1.54, 1.807) is 17.5 Å². The molecular weight excluding hydrogens is 310 g/mol. The first-order chi connectivity index (χ1) is 11.2. The molecule has 0 unspecified atom stereocenters. The highest BCUT2D eigenvalue weighted by atomic mass is 32.1. The Balaban J connectivity index is 1.45. The van der Waals surface area contributed by atoms with Crippen molar-refractivity contribution < 1.29 is 9.53 Å². The van der Waals surface area contributed by atoms with Gasteiger partial charge in [0.2, 0.25) is 0 Å². The number of ether oxygens (including phenoxy) is 1. The summed E-state index contributed by atoms with van der Waals surface area (Å²) in [4.78, 5) is 22.1. The van der Waals surface area contributed by atoms with E-state index in [1.165, 1.54) is 10.4 Å². The third kappa shape index (κ3) is 2.84. The van der Waals surface area contributed by atoms with E-state index in [-0.39, 0.29) is 18.2 Å². The van der Waals surface area contributed by atoms with Crippen LogP contribution in [-0.4, -0.2) is 46.1 Å². The minimum absolute atomic E-state index is 0.0218. The van der Waals surface area contributed by atoms with Gasteiger partial charge in [0.05, 0.1) is 18.3 Å². The average molecular weight is 329 g/mol. The summed E-state index contributed by atoms with van der Waals surface area (Å²) >= 11 is 1.80. The topological polar surface area (TPSA) is 45.7 Å². The molecule has 0 aliphatic carbocycles. The molecule has 0 aromatic carbocycles. The van der Waals surface area contributed by atoms with E-state index in [2.05, 4.69) is 28.3 Å². The van der Waals surface area contributed by atoms with Crippen LogP contribution in [0, 0.1) is 6.92 Å². The van der Waals surface area contributed by atoms with Crippen LogP contribution in [-0.2, 0) is 17.8 Å². The van der Waals surface area contributed by atoms with Gasteiger partial charge in [-0.05, 0) is 36.1 Å². The molecule has 2 fully saturated rings. The van der Waals surface area contributed by atoms with E-state index in [0.29, 0.717) is 6.54 Å². The molecule has 0 spiro atoms. The van der Waals surface area contributed by atoms with Gasteiger partial charge in [0.1, 0.15) is 6.10 Å². The number of likely N-dealkylation sites (tertiary alicyclic amines) is 1. The summed E-state index contributed by atoms with van der Waals surface area (Å²) in [5.74, 6) is 0. The second-order valence-electron chi connectivity index (χ2n) is 6.16. The van der Waals surface area contributed by atoms with Crippen LogP contribution in [0.3, 0.4) is 0 Å². The lowest BCUT2D eigenvalue weighted by atomic mass is 10.2. The number of hydrogen-bond donors (Lipinski definition) is 0. The Kier molecular flexibility index (Phi) is 3.79. The molecule has 5 nitrogen and oxygen atoms in total. The van der Waals surface area contributed by atoms with Crippen molar-refractivity contribution in [1.29, 1.82) is 0 Å². The number of carbonyl (C=O) groups excluding carboxylic acids is 1. The van der Waals surface area contributed by atoms with Crippen LogP contribution in [0.2, 0.25) is 0 Å². The maximum atomic E-state index is 12.1. The monoisotopic (exact) mass is 329 g/mol. The predicted octanol–water partition coefficient (Wildman–Crippen LogP) is 2.66. The van der Waals surface area contributed by atoms with Crippen LogP contribution >= 0.6 is 11.3 Å². The van der Waals surface area contributed by atoms with E-state index in [4.69, 9.17) is 4.74 Å². The van der Waals surface area contributed by atoms with Crippen LogP contribution in [0.25, 0.3) is 0 Å². The fourth-order valence-electron chi connectivity index (χ4n) is 3.33. The van der Waals surface area contributed by atoms with Gasteiger partial charge in [0, 0.05) is 30.7 Å². The molecule has 4 heterocycles. The number of thiophene rings is 1. The molecule has 2 aliphatic heterocycles. The van der Waals surface area contributed by atoms with E-state index in [0.717, 1.165) is 25.3 Å². The fraction of sp³-hybridized carbons (Fsp3) is 0.412. The van der Waals surface area contributed by atoms with E-state index in [9.17, 15) is 4.79 Å². The van der Waals surface area contributed by atoms with Crippen LogP contribution < -0.4 is 0 Å². The normalized spacial score (nSPS) is 24.0. The van der Waals surface area contributed by atoms with Gasteiger partial charge >= 0.3 is 6.09 Å². The molecule has 6 heteroatoms. The molecule has 2 saturated heterocycles. The SMILES string of the molecule is Cc1ccsc1CN1C[C@@H]2OC(=O)N(Cc3ccccn3)[C@@H]2C1. The number of hydrogen-bond acceptors (Lipinski definition) is 5. The maximum Gasteiger partial charge on any atom is 0.410 e. The van der Waals surface area contributed by atoms with Crippen LogP contribution in [0.5, 0.6) is 0 Å². The third-order valence-electron chi connectivity index (χ3n) is 4.59. The van der Waals surface area contributed by atoms with Crippen molar-refractivity contribution in [2.24, 2.45) is 0 Å². The Bertz CT molecular complexity index is 703. The van der Waals surface area contributed by atoms with E-state index < -0.39 is 0 Å². The zero-order valence-corrected chi connectivity index (χ0v) is 13.8.